The largest absolute Gasteiger partial charge is 0.360 e. The number of nitrogens with one attached hydrogen (secondary N) is 1. The van der Waals surface area contributed by atoms with Gasteiger partial charge >= 0.3 is 0 Å². The van der Waals surface area contributed by atoms with E-state index in [9.17, 15) is 0 Å². The maximum atomic E-state index is 4.09. The number of aromatic nitrogens is 2. The highest BCUT2D eigenvalue weighted by Gasteiger charge is 1.98. The van der Waals surface area contributed by atoms with Crippen LogP contribution in [-0.2, 0) is 0 Å². The van der Waals surface area contributed by atoms with Gasteiger partial charge in [-0.25, -0.2) is 0 Å². The molecule has 1 N–H and O–H groups in total. The number of hydrogen-bond acceptors (Lipinski definition) is 5. The zero-order valence-electron chi connectivity index (χ0n) is 7.79. The van der Waals surface area contributed by atoms with Gasteiger partial charge in [-0.15, -0.1) is 22.8 Å². The van der Waals surface area contributed by atoms with E-state index in [4.69, 9.17) is 0 Å². The van der Waals surface area contributed by atoms with Crippen LogP contribution in [0.3, 0.4) is 0 Å². The first kappa shape index (κ1) is 10.8. The second-order valence-electron chi connectivity index (χ2n) is 2.88. The number of nitrogens with zero attached hydrogens (tertiary/aromatic N) is 2. The van der Waals surface area contributed by atoms with Crippen LogP contribution in [0.5, 0.6) is 0 Å². The molecular formula is C8H15N3S2. The van der Waals surface area contributed by atoms with Crippen molar-refractivity contribution in [1.82, 2.24) is 10.2 Å². The van der Waals surface area contributed by atoms with Crippen molar-refractivity contribution in [1.29, 1.82) is 0 Å². The summed E-state index contributed by atoms with van der Waals surface area (Å²) in [6.45, 7) is 3.20. The molecule has 1 rings (SSSR count). The quantitative estimate of drug-likeness (QED) is 0.568. The fourth-order valence-electron chi connectivity index (χ4n) is 1.03. The zero-order valence-corrected chi connectivity index (χ0v) is 9.50. The summed E-state index contributed by atoms with van der Waals surface area (Å²) in [5.74, 6) is 0. The van der Waals surface area contributed by atoms with Gasteiger partial charge in [0.25, 0.3) is 0 Å². The molecule has 5 heteroatoms. The molecule has 0 radical (unpaired) electrons. The molecule has 0 fully saturated rings. The van der Waals surface area contributed by atoms with Gasteiger partial charge in [0.1, 0.15) is 0 Å². The Kier molecular flexibility index (Phi) is 5.15. The molecule has 0 aliphatic heterocycles. The van der Waals surface area contributed by atoms with Crippen LogP contribution >= 0.6 is 24.0 Å². The molecule has 0 aliphatic rings. The Morgan fingerprint density at radius 3 is 2.77 bits per heavy atom. The minimum Gasteiger partial charge on any atom is -0.360 e. The normalized spacial score (nSPS) is 10.3. The molecule has 0 saturated heterocycles. The van der Waals surface area contributed by atoms with E-state index in [0.29, 0.717) is 0 Å². The monoisotopic (exact) mass is 217 g/mol. The maximum Gasteiger partial charge on any atom is 0.206 e. The third kappa shape index (κ3) is 4.47. The minimum atomic E-state index is 0.719. The average molecular weight is 217 g/mol. The summed E-state index contributed by atoms with van der Waals surface area (Å²) in [4.78, 5) is 0. The number of unbranched alkanes of at least 4 members (excludes halogenated alkanes) is 3. The van der Waals surface area contributed by atoms with Crippen LogP contribution in [0.2, 0.25) is 0 Å². The van der Waals surface area contributed by atoms with E-state index in [1.54, 1.807) is 0 Å². The second-order valence-corrected chi connectivity index (χ2v) is 4.58. The van der Waals surface area contributed by atoms with E-state index < -0.39 is 0 Å². The Morgan fingerprint density at radius 1 is 1.31 bits per heavy atom. The Balaban J connectivity index is 2.06. The van der Waals surface area contributed by atoms with Crippen LogP contribution in [0.4, 0.5) is 5.13 Å². The molecule has 3 nitrogen and oxygen atoms in total. The van der Waals surface area contributed by atoms with E-state index in [1.807, 2.05) is 0 Å². The van der Waals surface area contributed by atoms with Gasteiger partial charge in [-0.1, -0.05) is 37.5 Å². The molecule has 0 saturated carbocycles. The molecule has 0 unspecified atom stereocenters. The van der Waals surface area contributed by atoms with Crippen molar-refractivity contribution in [2.75, 3.05) is 11.9 Å². The van der Waals surface area contributed by atoms with E-state index in [-0.39, 0.29) is 0 Å². The van der Waals surface area contributed by atoms with Crippen molar-refractivity contribution >= 4 is 29.1 Å². The van der Waals surface area contributed by atoms with Crippen LogP contribution in [0, 0.1) is 0 Å². The van der Waals surface area contributed by atoms with Gasteiger partial charge in [-0.2, -0.15) is 0 Å². The van der Waals surface area contributed by atoms with E-state index in [1.165, 1.54) is 37.0 Å². The third-order valence-electron chi connectivity index (χ3n) is 1.72. The zero-order chi connectivity index (χ0) is 9.52. The first-order valence-electron chi connectivity index (χ1n) is 4.59. The number of hydrogen-bond donors (Lipinski definition) is 2. The van der Waals surface area contributed by atoms with Crippen molar-refractivity contribution in [2.45, 2.75) is 36.9 Å². The van der Waals surface area contributed by atoms with Crippen molar-refractivity contribution in [2.24, 2.45) is 0 Å². The molecule has 0 bridgehead atoms. The van der Waals surface area contributed by atoms with Gasteiger partial charge in [0, 0.05) is 6.54 Å². The molecule has 0 aromatic carbocycles. The van der Waals surface area contributed by atoms with E-state index in [0.717, 1.165) is 16.0 Å². The van der Waals surface area contributed by atoms with Crippen LogP contribution < -0.4 is 5.32 Å². The Labute approximate surface area is 88.4 Å². The molecule has 0 aliphatic carbocycles. The highest BCUT2D eigenvalue weighted by Crippen LogP contribution is 2.17. The predicted octanol–water partition coefficient (Wildman–Crippen LogP) is 2.82. The van der Waals surface area contributed by atoms with Crippen molar-refractivity contribution in [3.8, 4) is 0 Å². The first-order chi connectivity index (χ1) is 6.33. The van der Waals surface area contributed by atoms with Crippen molar-refractivity contribution in [3.05, 3.63) is 0 Å². The highest BCUT2D eigenvalue weighted by molar-refractivity contribution is 7.82. The summed E-state index contributed by atoms with van der Waals surface area (Å²) < 4.78 is 0.719. The summed E-state index contributed by atoms with van der Waals surface area (Å²) in [5, 5.41) is 11.8. The molecule has 1 heterocycles. The van der Waals surface area contributed by atoms with Gasteiger partial charge in [0.05, 0.1) is 0 Å². The van der Waals surface area contributed by atoms with Crippen LogP contribution in [-0.4, -0.2) is 16.7 Å². The van der Waals surface area contributed by atoms with Gasteiger partial charge in [0.15, 0.2) is 4.34 Å². The summed E-state index contributed by atoms with van der Waals surface area (Å²) in [7, 11) is 0. The lowest BCUT2D eigenvalue weighted by Gasteiger charge is -2.00. The average Bonchev–Trinajstić information content (AvgIpc) is 2.51. The molecule has 1 aromatic rings. The minimum absolute atomic E-state index is 0.719. The summed E-state index contributed by atoms with van der Waals surface area (Å²) in [6.07, 6.45) is 5.08. The lowest BCUT2D eigenvalue weighted by atomic mass is 10.2. The van der Waals surface area contributed by atoms with Crippen LogP contribution in [0.1, 0.15) is 32.6 Å². The predicted molar refractivity (Wildman–Crippen MR) is 59.8 cm³/mol. The first-order valence-corrected chi connectivity index (χ1v) is 5.85. The SMILES string of the molecule is CCCCCCNc1nnc(S)s1. The Hall–Kier alpha value is -0.290. The Morgan fingerprint density at radius 2 is 2.15 bits per heavy atom. The topological polar surface area (TPSA) is 37.8 Å². The molecule has 0 amide bonds. The smallest absolute Gasteiger partial charge is 0.206 e. The van der Waals surface area contributed by atoms with Crippen LogP contribution in [0.25, 0.3) is 0 Å². The summed E-state index contributed by atoms with van der Waals surface area (Å²) in [5.41, 5.74) is 0. The molecule has 74 valence electrons. The van der Waals surface area contributed by atoms with Gasteiger partial charge in [-0.05, 0) is 6.42 Å². The lowest BCUT2D eigenvalue weighted by Crippen LogP contribution is -2.00. The molecular weight excluding hydrogens is 202 g/mol. The third-order valence-corrected chi connectivity index (χ3v) is 2.77. The second kappa shape index (κ2) is 6.21. The summed E-state index contributed by atoms with van der Waals surface area (Å²) in [6, 6.07) is 0. The number of rotatable bonds is 6. The number of anilines is 1. The Bertz CT molecular complexity index is 237. The fraction of sp³-hybridized carbons (Fsp3) is 0.750. The maximum absolute atomic E-state index is 4.09. The molecule has 0 atom stereocenters. The van der Waals surface area contributed by atoms with Gasteiger partial charge < -0.3 is 5.32 Å². The summed E-state index contributed by atoms with van der Waals surface area (Å²) >= 11 is 5.57. The molecule has 13 heavy (non-hydrogen) atoms. The van der Waals surface area contributed by atoms with Crippen molar-refractivity contribution in [3.63, 3.8) is 0 Å². The van der Waals surface area contributed by atoms with Crippen LogP contribution in [0.15, 0.2) is 4.34 Å². The van der Waals surface area contributed by atoms with Gasteiger partial charge in [-0.3, -0.25) is 0 Å². The molecule has 1 aromatic heterocycles. The fourth-order valence-corrected chi connectivity index (χ4v) is 1.85. The number of thiol groups is 1. The standard InChI is InChI=1S/C8H15N3S2/c1-2-3-4-5-6-9-7-10-11-8(12)13-7/h2-6H2,1H3,(H,9,10)(H,11,12). The van der Waals surface area contributed by atoms with Crippen molar-refractivity contribution < 1.29 is 0 Å². The van der Waals surface area contributed by atoms with E-state index in [2.05, 4.69) is 35.1 Å². The van der Waals surface area contributed by atoms with Gasteiger partial charge in [0.2, 0.25) is 5.13 Å². The van der Waals surface area contributed by atoms with E-state index >= 15 is 0 Å². The molecule has 0 spiro atoms. The highest BCUT2D eigenvalue weighted by atomic mass is 32.2. The lowest BCUT2D eigenvalue weighted by molar-refractivity contribution is 0.684.